The third-order valence-electron chi connectivity index (χ3n) is 5.20. The SMILES string of the molecule is O=C(NCCN1C(=O)S/C(=C\c2ccc3c(c2)OCO3)C1=O)c1ccc2ccccc2c1. The van der Waals surface area contributed by atoms with Crippen molar-refractivity contribution in [2.24, 2.45) is 0 Å². The molecule has 8 heteroatoms. The number of fused-ring (bicyclic) bond motifs is 2. The van der Waals surface area contributed by atoms with Gasteiger partial charge in [-0.2, -0.15) is 0 Å². The highest BCUT2D eigenvalue weighted by atomic mass is 32.2. The lowest BCUT2D eigenvalue weighted by molar-refractivity contribution is -0.122. The van der Waals surface area contributed by atoms with Gasteiger partial charge in [0.2, 0.25) is 6.79 Å². The number of rotatable bonds is 5. The Kier molecular flexibility index (Phi) is 5.28. The van der Waals surface area contributed by atoms with Gasteiger partial charge in [0.15, 0.2) is 11.5 Å². The summed E-state index contributed by atoms with van der Waals surface area (Å²) >= 11 is 0.880. The number of nitrogens with zero attached hydrogens (tertiary/aromatic N) is 1. The van der Waals surface area contributed by atoms with E-state index in [0.29, 0.717) is 22.0 Å². The Hall–Kier alpha value is -3.78. The number of carbonyl (C=O) groups is 3. The van der Waals surface area contributed by atoms with Crippen LogP contribution in [0.2, 0.25) is 0 Å². The minimum absolute atomic E-state index is 0.0997. The van der Waals surface area contributed by atoms with Gasteiger partial charge in [0.1, 0.15) is 0 Å². The van der Waals surface area contributed by atoms with E-state index < -0.39 is 0 Å². The van der Waals surface area contributed by atoms with Crippen molar-refractivity contribution in [2.75, 3.05) is 19.9 Å². The summed E-state index contributed by atoms with van der Waals surface area (Å²) in [5, 5.41) is 4.44. The van der Waals surface area contributed by atoms with Crippen molar-refractivity contribution in [3.63, 3.8) is 0 Å². The Morgan fingerprint density at radius 2 is 1.81 bits per heavy atom. The second-order valence-electron chi connectivity index (χ2n) is 7.26. The molecule has 3 aromatic rings. The molecule has 7 nitrogen and oxygen atoms in total. The number of carbonyl (C=O) groups excluding carboxylic acids is 3. The molecule has 0 unspecified atom stereocenters. The van der Waals surface area contributed by atoms with E-state index in [4.69, 9.17) is 9.47 Å². The van der Waals surface area contributed by atoms with Gasteiger partial charge in [-0.1, -0.05) is 36.4 Å². The van der Waals surface area contributed by atoms with E-state index in [2.05, 4.69) is 5.32 Å². The van der Waals surface area contributed by atoms with Gasteiger partial charge < -0.3 is 14.8 Å². The summed E-state index contributed by atoms with van der Waals surface area (Å²) in [6, 6.07) is 18.6. The number of hydrogen-bond donors (Lipinski definition) is 1. The molecule has 2 aliphatic heterocycles. The third-order valence-corrected chi connectivity index (χ3v) is 6.11. The molecule has 3 amide bonds. The van der Waals surface area contributed by atoms with Crippen LogP contribution in [-0.4, -0.2) is 41.8 Å². The molecule has 2 aliphatic rings. The molecule has 0 aliphatic carbocycles. The van der Waals surface area contributed by atoms with E-state index in [-0.39, 0.29) is 36.9 Å². The van der Waals surface area contributed by atoms with Crippen LogP contribution in [-0.2, 0) is 4.79 Å². The average molecular weight is 446 g/mol. The van der Waals surface area contributed by atoms with E-state index in [1.54, 1.807) is 30.3 Å². The molecule has 2 heterocycles. The number of ether oxygens (including phenoxy) is 2. The zero-order chi connectivity index (χ0) is 22.1. The molecule has 0 radical (unpaired) electrons. The van der Waals surface area contributed by atoms with E-state index in [1.165, 1.54) is 0 Å². The third kappa shape index (κ3) is 3.92. The molecule has 1 N–H and O–H groups in total. The van der Waals surface area contributed by atoms with E-state index >= 15 is 0 Å². The van der Waals surface area contributed by atoms with Crippen LogP contribution in [0.15, 0.2) is 65.6 Å². The Bertz CT molecular complexity index is 1290. The maximum Gasteiger partial charge on any atom is 0.293 e. The van der Waals surface area contributed by atoms with Gasteiger partial charge in [0.05, 0.1) is 4.91 Å². The average Bonchev–Trinajstić information content (AvgIpc) is 3.38. The Morgan fingerprint density at radius 3 is 2.69 bits per heavy atom. The fourth-order valence-electron chi connectivity index (χ4n) is 3.56. The highest BCUT2D eigenvalue weighted by molar-refractivity contribution is 8.18. The fourth-order valence-corrected chi connectivity index (χ4v) is 4.43. The number of benzene rings is 3. The predicted octanol–water partition coefficient (Wildman–Crippen LogP) is 4.03. The second-order valence-corrected chi connectivity index (χ2v) is 8.26. The largest absolute Gasteiger partial charge is 0.454 e. The number of thioether (sulfide) groups is 1. The van der Waals surface area contributed by atoms with Gasteiger partial charge in [0.25, 0.3) is 17.1 Å². The lowest BCUT2D eigenvalue weighted by Crippen LogP contribution is -2.37. The van der Waals surface area contributed by atoms with Crippen LogP contribution in [0.3, 0.4) is 0 Å². The molecule has 160 valence electrons. The molecular weight excluding hydrogens is 428 g/mol. The molecule has 0 atom stereocenters. The van der Waals surface area contributed by atoms with Crippen molar-refractivity contribution in [1.82, 2.24) is 10.2 Å². The van der Waals surface area contributed by atoms with Crippen molar-refractivity contribution in [3.8, 4) is 11.5 Å². The van der Waals surface area contributed by atoms with E-state index in [9.17, 15) is 14.4 Å². The molecule has 3 aromatic carbocycles. The van der Waals surface area contributed by atoms with Crippen molar-refractivity contribution in [1.29, 1.82) is 0 Å². The van der Waals surface area contributed by atoms with Crippen LogP contribution >= 0.6 is 11.8 Å². The molecule has 0 spiro atoms. The first-order valence-corrected chi connectivity index (χ1v) is 10.8. The first kappa shape index (κ1) is 20.1. The van der Waals surface area contributed by atoms with Crippen molar-refractivity contribution < 1.29 is 23.9 Å². The summed E-state index contributed by atoms with van der Waals surface area (Å²) in [7, 11) is 0. The highest BCUT2D eigenvalue weighted by Crippen LogP contribution is 2.36. The zero-order valence-electron chi connectivity index (χ0n) is 16.9. The van der Waals surface area contributed by atoms with E-state index in [1.807, 2.05) is 36.4 Å². The minimum atomic E-state index is -0.377. The number of imide groups is 1. The standard InChI is InChI=1S/C24H18N2O5S/c27-22(18-7-6-16-3-1-2-4-17(16)13-18)25-9-10-26-23(28)21(32-24(26)29)12-15-5-8-19-20(11-15)31-14-30-19/h1-8,11-13H,9-10,14H2,(H,25,27)/b21-12-. The molecule has 0 saturated carbocycles. The van der Waals surface area contributed by atoms with Gasteiger partial charge in [0, 0.05) is 18.7 Å². The maximum atomic E-state index is 12.7. The molecule has 32 heavy (non-hydrogen) atoms. The molecule has 0 aromatic heterocycles. The van der Waals surface area contributed by atoms with Gasteiger partial charge in [-0.15, -0.1) is 0 Å². The minimum Gasteiger partial charge on any atom is -0.454 e. The summed E-state index contributed by atoms with van der Waals surface area (Å²) in [5.41, 5.74) is 1.27. The number of amides is 3. The van der Waals surface area contributed by atoms with Crippen LogP contribution in [0.5, 0.6) is 11.5 Å². The number of nitrogens with one attached hydrogen (secondary N) is 1. The topological polar surface area (TPSA) is 84.9 Å². The van der Waals surface area contributed by atoms with Crippen molar-refractivity contribution >= 4 is 45.7 Å². The summed E-state index contributed by atoms with van der Waals surface area (Å²) < 4.78 is 10.6. The highest BCUT2D eigenvalue weighted by Gasteiger charge is 2.34. The predicted molar refractivity (Wildman–Crippen MR) is 122 cm³/mol. The van der Waals surface area contributed by atoms with Crippen molar-refractivity contribution in [3.05, 3.63) is 76.7 Å². The summed E-state index contributed by atoms with van der Waals surface area (Å²) in [6.07, 6.45) is 1.65. The Balaban J connectivity index is 1.21. The fraction of sp³-hybridized carbons (Fsp3) is 0.125. The van der Waals surface area contributed by atoms with Gasteiger partial charge in [-0.3, -0.25) is 19.3 Å². The van der Waals surface area contributed by atoms with Crippen LogP contribution in [0, 0.1) is 0 Å². The van der Waals surface area contributed by atoms with Gasteiger partial charge in [-0.25, -0.2) is 0 Å². The summed E-state index contributed by atoms with van der Waals surface area (Å²) in [6.45, 7) is 0.434. The van der Waals surface area contributed by atoms with Crippen LogP contribution in [0.25, 0.3) is 16.8 Å². The van der Waals surface area contributed by atoms with Gasteiger partial charge in [-0.05, 0) is 58.4 Å². The molecular formula is C24H18N2O5S. The van der Waals surface area contributed by atoms with Crippen molar-refractivity contribution in [2.45, 2.75) is 0 Å². The number of hydrogen-bond acceptors (Lipinski definition) is 6. The first-order valence-electron chi connectivity index (χ1n) is 10.0. The second kappa shape index (κ2) is 8.39. The Morgan fingerprint density at radius 1 is 1.00 bits per heavy atom. The zero-order valence-corrected chi connectivity index (χ0v) is 17.7. The monoisotopic (exact) mass is 446 g/mol. The molecule has 5 rings (SSSR count). The van der Waals surface area contributed by atoms with Gasteiger partial charge >= 0.3 is 0 Å². The Labute approximate surface area is 188 Å². The molecule has 0 bridgehead atoms. The smallest absolute Gasteiger partial charge is 0.293 e. The lowest BCUT2D eigenvalue weighted by atomic mass is 10.1. The molecule has 1 saturated heterocycles. The summed E-state index contributed by atoms with van der Waals surface area (Å²) in [5.74, 6) is 0.628. The molecule has 1 fully saturated rings. The van der Waals surface area contributed by atoms with Crippen LogP contribution in [0.4, 0.5) is 4.79 Å². The normalized spacial score (nSPS) is 16.2. The van der Waals surface area contributed by atoms with Crippen LogP contribution < -0.4 is 14.8 Å². The quantitative estimate of drug-likeness (QED) is 0.596. The summed E-state index contributed by atoms with van der Waals surface area (Å²) in [4.78, 5) is 39.0. The first-order chi connectivity index (χ1) is 15.6. The maximum absolute atomic E-state index is 12.7. The lowest BCUT2D eigenvalue weighted by Gasteiger charge is -2.13. The van der Waals surface area contributed by atoms with E-state index in [0.717, 1.165) is 33.0 Å². The van der Waals surface area contributed by atoms with Crippen LogP contribution in [0.1, 0.15) is 15.9 Å².